The number of carbonyl (C=O) groups is 1. The second kappa shape index (κ2) is 8.79. The lowest BCUT2D eigenvalue weighted by Gasteiger charge is -2.36. The van der Waals surface area contributed by atoms with Crippen LogP contribution in [0.1, 0.15) is 6.92 Å². The lowest BCUT2D eigenvalue weighted by Crippen LogP contribution is -2.49. The number of nitrogens with zero attached hydrogens (tertiary/aromatic N) is 5. The van der Waals surface area contributed by atoms with E-state index in [9.17, 15) is 4.79 Å². The summed E-state index contributed by atoms with van der Waals surface area (Å²) >= 11 is 3.13. The van der Waals surface area contributed by atoms with E-state index in [1.807, 2.05) is 28.5 Å². The van der Waals surface area contributed by atoms with Crippen LogP contribution in [-0.2, 0) is 11.3 Å². The lowest BCUT2D eigenvalue weighted by atomic mass is 10.2. The fourth-order valence-electron chi connectivity index (χ4n) is 3.34. The second-order valence-corrected chi connectivity index (χ2v) is 8.41. The van der Waals surface area contributed by atoms with Gasteiger partial charge in [0.15, 0.2) is 11.0 Å². The van der Waals surface area contributed by atoms with E-state index in [1.165, 1.54) is 17.4 Å². The zero-order valence-corrected chi connectivity index (χ0v) is 17.5. The Labute approximate surface area is 173 Å². The number of benzene rings is 1. The van der Waals surface area contributed by atoms with E-state index >= 15 is 0 Å². The minimum Gasteiger partial charge on any atom is -0.368 e. The first-order valence-electron chi connectivity index (χ1n) is 9.44. The molecule has 6 nitrogen and oxygen atoms in total. The summed E-state index contributed by atoms with van der Waals surface area (Å²) in [6.07, 6.45) is 0. The molecule has 0 saturated carbocycles. The Morgan fingerprint density at radius 1 is 1.07 bits per heavy atom. The number of para-hydroxylation sites is 1. The Kier molecular flexibility index (Phi) is 5.97. The molecule has 2 aromatic heterocycles. The zero-order valence-electron chi connectivity index (χ0n) is 15.8. The van der Waals surface area contributed by atoms with Crippen molar-refractivity contribution in [3.63, 3.8) is 0 Å². The SMILES string of the molecule is CCn1c(SCC(=O)N2CCN(c3ccccc3)CC2)nnc1-c1cccs1. The maximum absolute atomic E-state index is 12.7. The van der Waals surface area contributed by atoms with Gasteiger partial charge in [0.1, 0.15) is 0 Å². The molecule has 0 aliphatic carbocycles. The normalized spacial score (nSPS) is 14.5. The Hall–Kier alpha value is -2.32. The quantitative estimate of drug-likeness (QED) is 0.579. The standard InChI is InChI=1S/C20H23N5OS2/c1-2-25-19(17-9-6-14-27-17)21-22-20(25)28-15-18(26)24-12-10-23(11-13-24)16-7-4-3-5-8-16/h3-9,14H,2,10-13,15H2,1H3. The molecule has 0 radical (unpaired) electrons. The lowest BCUT2D eigenvalue weighted by molar-refractivity contribution is -0.128. The molecule has 0 N–H and O–H groups in total. The molecule has 1 aromatic carbocycles. The molecular weight excluding hydrogens is 390 g/mol. The number of thioether (sulfide) groups is 1. The molecule has 3 heterocycles. The number of hydrogen-bond donors (Lipinski definition) is 0. The molecule has 1 aliphatic heterocycles. The van der Waals surface area contributed by atoms with E-state index in [1.54, 1.807) is 11.3 Å². The van der Waals surface area contributed by atoms with Crippen molar-refractivity contribution in [1.29, 1.82) is 0 Å². The predicted molar refractivity (Wildman–Crippen MR) is 115 cm³/mol. The Balaban J connectivity index is 1.33. The number of thiophene rings is 1. The summed E-state index contributed by atoms with van der Waals surface area (Å²) in [5.41, 5.74) is 1.22. The number of anilines is 1. The highest BCUT2D eigenvalue weighted by molar-refractivity contribution is 7.99. The van der Waals surface area contributed by atoms with Crippen LogP contribution in [0.3, 0.4) is 0 Å². The molecule has 4 rings (SSSR count). The van der Waals surface area contributed by atoms with Gasteiger partial charge in [0, 0.05) is 38.4 Å². The van der Waals surface area contributed by atoms with Crippen LogP contribution in [0, 0.1) is 0 Å². The second-order valence-electron chi connectivity index (χ2n) is 6.52. The van der Waals surface area contributed by atoms with Crippen molar-refractivity contribution in [2.24, 2.45) is 0 Å². The van der Waals surface area contributed by atoms with Gasteiger partial charge in [0.05, 0.1) is 10.6 Å². The number of aromatic nitrogens is 3. The summed E-state index contributed by atoms with van der Waals surface area (Å²) in [5, 5.41) is 11.5. The Morgan fingerprint density at radius 3 is 2.54 bits per heavy atom. The van der Waals surface area contributed by atoms with Gasteiger partial charge in [-0.05, 0) is 30.5 Å². The van der Waals surface area contributed by atoms with Gasteiger partial charge in [-0.2, -0.15) is 0 Å². The molecule has 1 fully saturated rings. The van der Waals surface area contributed by atoms with E-state index in [2.05, 4.69) is 50.9 Å². The molecule has 0 spiro atoms. The number of carbonyl (C=O) groups excluding carboxylic acids is 1. The molecule has 0 bridgehead atoms. The van der Waals surface area contributed by atoms with Gasteiger partial charge >= 0.3 is 0 Å². The summed E-state index contributed by atoms with van der Waals surface area (Å²) in [7, 11) is 0. The van der Waals surface area contributed by atoms with Crippen LogP contribution in [0.15, 0.2) is 53.0 Å². The van der Waals surface area contributed by atoms with E-state index in [0.29, 0.717) is 5.75 Å². The van der Waals surface area contributed by atoms with Gasteiger partial charge in [-0.15, -0.1) is 21.5 Å². The van der Waals surface area contributed by atoms with Gasteiger partial charge in [0.2, 0.25) is 5.91 Å². The third-order valence-electron chi connectivity index (χ3n) is 4.85. The molecule has 0 atom stereocenters. The van der Waals surface area contributed by atoms with Gasteiger partial charge in [-0.1, -0.05) is 36.0 Å². The predicted octanol–water partition coefficient (Wildman–Crippen LogP) is 3.47. The highest BCUT2D eigenvalue weighted by atomic mass is 32.2. The Bertz CT molecular complexity index is 902. The van der Waals surface area contributed by atoms with Crippen molar-refractivity contribution in [1.82, 2.24) is 19.7 Å². The molecule has 1 saturated heterocycles. The third kappa shape index (κ3) is 4.07. The molecule has 0 unspecified atom stereocenters. The van der Waals surface area contributed by atoms with Crippen molar-refractivity contribution in [3.05, 3.63) is 47.8 Å². The molecule has 146 valence electrons. The fourth-order valence-corrected chi connectivity index (χ4v) is 4.96. The average Bonchev–Trinajstić information content (AvgIpc) is 3.42. The highest BCUT2D eigenvalue weighted by Crippen LogP contribution is 2.27. The number of hydrogen-bond acceptors (Lipinski definition) is 6. The van der Waals surface area contributed by atoms with Gasteiger partial charge < -0.3 is 14.4 Å². The van der Waals surface area contributed by atoms with E-state index in [0.717, 1.165) is 48.6 Å². The first-order valence-corrected chi connectivity index (χ1v) is 11.3. The smallest absolute Gasteiger partial charge is 0.233 e. The topological polar surface area (TPSA) is 54.3 Å². The van der Waals surface area contributed by atoms with E-state index < -0.39 is 0 Å². The van der Waals surface area contributed by atoms with Gasteiger partial charge in [-0.3, -0.25) is 4.79 Å². The first kappa shape index (κ1) is 19.0. The fraction of sp³-hybridized carbons (Fsp3) is 0.350. The van der Waals surface area contributed by atoms with Crippen LogP contribution in [-0.4, -0.2) is 57.5 Å². The van der Waals surface area contributed by atoms with Gasteiger partial charge in [-0.25, -0.2) is 0 Å². The minimum atomic E-state index is 0.168. The molecule has 1 aliphatic rings. The molecule has 3 aromatic rings. The summed E-state index contributed by atoms with van der Waals surface area (Å²) in [6, 6.07) is 14.4. The first-order chi connectivity index (χ1) is 13.8. The summed E-state index contributed by atoms with van der Waals surface area (Å²) in [6.45, 7) is 6.12. The third-order valence-corrected chi connectivity index (χ3v) is 6.67. The van der Waals surface area contributed by atoms with E-state index in [4.69, 9.17) is 0 Å². The minimum absolute atomic E-state index is 0.168. The van der Waals surface area contributed by atoms with Crippen molar-refractivity contribution >= 4 is 34.7 Å². The molecular formula is C20H23N5OS2. The highest BCUT2D eigenvalue weighted by Gasteiger charge is 2.22. The van der Waals surface area contributed by atoms with Crippen molar-refractivity contribution in [2.45, 2.75) is 18.6 Å². The van der Waals surface area contributed by atoms with Crippen LogP contribution in [0.5, 0.6) is 0 Å². The van der Waals surface area contributed by atoms with Crippen LogP contribution in [0.25, 0.3) is 10.7 Å². The van der Waals surface area contributed by atoms with Crippen molar-refractivity contribution in [3.8, 4) is 10.7 Å². The summed E-state index contributed by atoms with van der Waals surface area (Å²) in [5.74, 6) is 1.44. The number of amides is 1. The monoisotopic (exact) mass is 413 g/mol. The van der Waals surface area contributed by atoms with Crippen LogP contribution >= 0.6 is 23.1 Å². The maximum atomic E-state index is 12.7. The van der Waals surface area contributed by atoms with Crippen molar-refractivity contribution in [2.75, 3.05) is 36.8 Å². The number of piperazine rings is 1. The van der Waals surface area contributed by atoms with Crippen LogP contribution in [0.2, 0.25) is 0 Å². The molecule has 1 amide bonds. The van der Waals surface area contributed by atoms with Crippen LogP contribution in [0.4, 0.5) is 5.69 Å². The maximum Gasteiger partial charge on any atom is 0.233 e. The van der Waals surface area contributed by atoms with Gasteiger partial charge in [0.25, 0.3) is 0 Å². The number of rotatable bonds is 6. The summed E-state index contributed by atoms with van der Waals surface area (Å²) < 4.78 is 2.08. The molecule has 28 heavy (non-hydrogen) atoms. The summed E-state index contributed by atoms with van der Waals surface area (Å²) in [4.78, 5) is 18.1. The Morgan fingerprint density at radius 2 is 1.86 bits per heavy atom. The largest absolute Gasteiger partial charge is 0.368 e. The van der Waals surface area contributed by atoms with E-state index in [-0.39, 0.29) is 5.91 Å². The van der Waals surface area contributed by atoms with Crippen LogP contribution < -0.4 is 4.90 Å². The average molecular weight is 414 g/mol. The zero-order chi connectivity index (χ0) is 19.3. The van der Waals surface area contributed by atoms with Crippen molar-refractivity contribution < 1.29 is 4.79 Å². The molecule has 8 heteroatoms.